The second-order valence-corrected chi connectivity index (χ2v) is 7.28. The number of aryl methyl sites for hydroxylation is 1. The zero-order valence-electron chi connectivity index (χ0n) is 15.6. The Morgan fingerprint density at radius 1 is 1.26 bits per heavy atom. The van der Waals surface area contributed by atoms with Crippen molar-refractivity contribution in [1.29, 1.82) is 0 Å². The van der Waals surface area contributed by atoms with Gasteiger partial charge in [0.1, 0.15) is 12.4 Å². The predicted octanol–water partition coefficient (Wildman–Crippen LogP) is 2.12. The highest BCUT2D eigenvalue weighted by molar-refractivity contribution is 5.76. The molecule has 3 heterocycles. The van der Waals surface area contributed by atoms with E-state index in [2.05, 4.69) is 17.0 Å². The zero-order chi connectivity index (χ0) is 19.0. The molecule has 2 aromatic heterocycles. The fourth-order valence-corrected chi connectivity index (χ4v) is 3.70. The van der Waals surface area contributed by atoms with Gasteiger partial charge in [0.15, 0.2) is 5.65 Å². The predicted molar refractivity (Wildman–Crippen MR) is 102 cm³/mol. The summed E-state index contributed by atoms with van der Waals surface area (Å²) in [7, 11) is 0. The van der Waals surface area contributed by atoms with E-state index in [4.69, 9.17) is 0 Å². The lowest BCUT2D eigenvalue weighted by Crippen LogP contribution is -2.42. The molecule has 140 valence electrons. The molecule has 3 aromatic rings. The lowest BCUT2D eigenvalue weighted by molar-refractivity contribution is -0.133. The van der Waals surface area contributed by atoms with E-state index in [1.807, 2.05) is 35.2 Å². The minimum atomic E-state index is -0.326. The van der Waals surface area contributed by atoms with Gasteiger partial charge in [0, 0.05) is 24.7 Å². The van der Waals surface area contributed by atoms with Gasteiger partial charge in [-0.15, -0.1) is 5.10 Å². The van der Waals surface area contributed by atoms with Crippen LogP contribution >= 0.6 is 0 Å². The topological polar surface area (TPSA) is 72.5 Å². The van der Waals surface area contributed by atoms with Crippen LogP contribution in [0, 0.1) is 12.8 Å². The number of hydrogen-bond donors (Lipinski definition) is 0. The highest BCUT2D eigenvalue weighted by Crippen LogP contribution is 2.18. The number of benzene rings is 1. The Bertz CT molecular complexity index is 1040. The van der Waals surface area contributed by atoms with Crippen LogP contribution < -0.4 is 5.69 Å². The lowest BCUT2D eigenvalue weighted by Gasteiger charge is -2.30. The van der Waals surface area contributed by atoms with Gasteiger partial charge >= 0.3 is 5.69 Å². The summed E-state index contributed by atoms with van der Waals surface area (Å²) in [5.74, 6) is 1.00. The van der Waals surface area contributed by atoms with E-state index in [-0.39, 0.29) is 18.1 Å². The molecule has 0 N–H and O–H groups in total. The fraction of sp³-hybridized carbons (Fsp3) is 0.400. The van der Waals surface area contributed by atoms with Crippen molar-refractivity contribution in [3.05, 3.63) is 52.7 Å². The van der Waals surface area contributed by atoms with E-state index in [1.165, 1.54) is 9.08 Å². The quantitative estimate of drug-likeness (QED) is 0.713. The number of likely N-dealkylation sites (tertiary alicyclic amines) is 1. The van der Waals surface area contributed by atoms with Gasteiger partial charge in [-0.2, -0.15) is 0 Å². The van der Waals surface area contributed by atoms with Crippen LogP contribution in [0.3, 0.4) is 0 Å². The van der Waals surface area contributed by atoms with Crippen LogP contribution in [0.1, 0.15) is 25.6 Å². The molecule has 7 nitrogen and oxygen atoms in total. The molecule has 1 aliphatic heterocycles. The highest BCUT2D eigenvalue weighted by atomic mass is 16.2. The molecule has 0 saturated carbocycles. The number of carbonyl (C=O) groups is 1. The van der Waals surface area contributed by atoms with Crippen molar-refractivity contribution in [3.63, 3.8) is 0 Å². The molecule has 0 bridgehead atoms. The minimum absolute atomic E-state index is 0.0344. The molecule has 0 radical (unpaired) electrons. The molecule has 27 heavy (non-hydrogen) atoms. The largest absolute Gasteiger partial charge is 0.352 e. The van der Waals surface area contributed by atoms with E-state index in [1.54, 1.807) is 13.0 Å². The molecule has 0 unspecified atom stereocenters. The van der Waals surface area contributed by atoms with Gasteiger partial charge in [-0.1, -0.05) is 37.3 Å². The first-order valence-electron chi connectivity index (χ1n) is 9.33. The van der Waals surface area contributed by atoms with E-state index in [9.17, 15) is 9.59 Å². The van der Waals surface area contributed by atoms with Crippen molar-refractivity contribution in [1.82, 2.24) is 24.1 Å². The Morgan fingerprint density at radius 2 is 2.04 bits per heavy atom. The average Bonchev–Trinajstić information content (AvgIpc) is 2.98. The summed E-state index contributed by atoms with van der Waals surface area (Å²) in [6.45, 7) is 5.40. The van der Waals surface area contributed by atoms with E-state index in [0.717, 1.165) is 37.2 Å². The van der Waals surface area contributed by atoms with Crippen LogP contribution in [0.5, 0.6) is 0 Å². The van der Waals surface area contributed by atoms with E-state index in [0.29, 0.717) is 17.4 Å². The number of rotatable bonds is 3. The smallest absolute Gasteiger partial charge is 0.341 e. The van der Waals surface area contributed by atoms with Gasteiger partial charge in [0.25, 0.3) is 0 Å². The van der Waals surface area contributed by atoms with Crippen molar-refractivity contribution in [2.24, 2.45) is 5.92 Å². The molecular weight excluding hydrogens is 342 g/mol. The van der Waals surface area contributed by atoms with Gasteiger partial charge in [-0.05, 0) is 25.7 Å². The normalized spacial score (nSPS) is 17.4. The van der Waals surface area contributed by atoms with E-state index < -0.39 is 0 Å². The molecule has 1 atom stereocenters. The molecule has 1 saturated heterocycles. The number of nitrogens with zero attached hydrogens (tertiary/aromatic N) is 5. The molecule has 1 amide bonds. The summed E-state index contributed by atoms with van der Waals surface area (Å²) in [6, 6.07) is 11.6. The Morgan fingerprint density at radius 3 is 2.78 bits per heavy atom. The Hall–Kier alpha value is -2.96. The number of carbonyl (C=O) groups excluding carboxylic acids is 1. The number of fused-ring (bicyclic) bond motifs is 1. The zero-order valence-corrected chi connectivity index (χ0v) is 15.6. The van der Waals surface area contributed by atoms with Crippen LogP contribution in [-0.4, -0.2) is 43.1 Å². The van der Waals surface area contributed by atoms with Gasteiger partial charge in [0.2, 0.25) is 5.91 Å². The third kappa shape index (κ3) is 3.37. The SMILES string of the molecule is Cc1nc(-c2ccccc2)cc2nn(CC(=O)N3CCC[C@@H](C)C3)c(=O)n12. The summed E-state index contributed by atoms with van der Waals surface area (Å²) >= 11 is 0. The number of aromatic nitrogens is 4. The maximum atomic E-state index is 12.7. The molecule has 7 heteroatoms. The van der Waals surface area contributed by atoms with Gasteiger partial charge in [0.05, 0.1) is 5.69 Å². The first-order chi connectivity index (χ1) is 13.0. The Balaban J connectivity index is 1.66. The summed E-state index contributed by atoms with van der Waals surface area (Å²) < 4.78 is 2.71. The highest BCUT2D eigenvalue weighted by Gasteiger charge is 2.22. The molecule has 0 spiro atoms. The number of amides is 1. The first kappa shape index (κ1) is 17.5. The second kappa shape index (κ2) is 6.98. The van der Waals surface area contributed by atoms with Crippen molar-refractivity contribution in [3.8, 4) is 11.3 Å². The van der Waals surface area contributed by atoms with Crippen molar-refractivity contribution in [2.75, 3.05) is 13.1 Å². The third-order valence-corrected chi connectivity index (χ3v) is 5.10. The summed E-state index contributed by atoms with van der Waals surface area (Å²) in [5.41, 5.74) is 1.90. The maximum Gasteiger partial charge on any atom is 0.352 e. The first-order valence-corrected chi connectivity index (χ1v) is 9.33. The summed E-state index contributed by atoms with van der Waals surface area (Å²) in [5, 5.41) is 4.39. The van der Waals surface area contributed by atoms with Gasteiger partial charge in [-0.3, -0.25) is 4.79 Å². The van der Waals surface area contributed by atoms with Crippen molar-refractivity contribution >= 4 is 11.6 Å². The third-order valence-electron chi connectivity index (χ3n) is 5.10. The molecule has 1 fully saturated rings. The average molecular weight is 365 g/mol. The van der Waals surface area contributed by atoms with Crippen molar-refractivity contribution in [2.45, 2.75) is 33.2 Å². The molecule has 4 rings (SSSR count). The van der Waals surface area contributed by atoms with Crippen LogP contribution in [0.25, 0.3) is 16.9 Å². The number of piperidine rings is 1. The second-order valence-electron chi connectivity index (χ2n) is 7.28. The lowest BCUT2D eigenvalue weighted by atomic mass is 10.0. The van der Waals surface area contributed by atoms with Crippen molar-refractivity contribution < 1.29 is 4.79 Å². The van der Waals surface area contributed by atoms with Gasteiger partial charge < -0.3 is 4.90 Å². The van der Waals surface area contributed by atoms with Crippen LogP contribution in [0.15, 0.2) is 41.2 Å². The monoisotopic (exact) mass is 365 g/mol. The summed E-state index contributed by atoms with van der Waals surface area (Å²) in [4.78, 5) is 31.7. The van der Waals surface area contributed by atoms with Crippen LogP contribution in [0.4, 0.5) is 0 Å². The molecular formula is C20H23N5O2. The van der Waals surface area contributed by atoms with Crippen LogP contribution in [0.2, 0.25) is 0 Å². The number of hydrogen-bond acceptors (Lipinski definition) is 4. The Labute approximate surface area is 157 Å². The Kier molecular flexibility index (Phi) is 4.51. The molecule has 1 aromatic carbocycles. The van der Waals surface area contributed by atoms with E-state index >= 15 is 0 Å². The summed E-state index contributed by atoms with van der Waals surface area (Å²) in [6.07, 6.45) is 2.15. The molecule has 0 aliphatic carbocycles. The standard InChI is InChI=1S/C20H23N5O2/c1-14-7-6-10-23(12-14)19(26)13-24-20(27)25-15(2)21-17(11-18(25)22-24)16-8-4-3-5-9-16/h3-5,8-9,11,14H,6-7,10,12-13H2,1-2H3/t14-/m1/s1. The maximum absolute atomic E-state index is 12.7. The van der Waals surface area contributed by atoms with Gasteiger partial charge in [-0.25, -0.2) is 18.9 Å². The molecule has 1 aliphatic rings. The van der Waals surface area contributed by atoms with Crippen LogP contribution in [-0.2, 0) is 11.3 Å². The fourth-order valence-electron chi connectivity index (χ4n) is 3.70. The minimum Gasteiger partial charge on any atom is -0.341 e.